The van der Waals surface area contributed by atoms with E-state index in [4.69, 9.17) is 0 Å². The third-order valence-electron chi connectivity index (χ3n) is 12.3. The van der Waals surface area contributed by atoms with Gasteiger partial charge in [-0.2, -0.15) is 0 Å². The van der Waals surface area contributed by atoms with E-state index in [1.165, 1.54) is 99.0 Å². The third kappa shape index (κ3) is 4.40. The van der Waals surface area contributed by atoms with Crippen molar-refractivity contribution in [2.24, 2.45) is 0 Å². The van der Waals surface area contributed by atoms with Crippen molar-refractivity contribution >= 4 is 82.4 Å². The Bertz CT molecular complexity index is 3640. The highest BCUT2D eigenvalue weighted by atomic mass is 15.0. The van der Waals surface area contributed by atoms with Gasteiger partial charge in [0, 0.05) is 49.1 Å². The van der Waals surface area contributed by atoms with Gasteiger partial charge in [-0.25, -0.2) is 0 Å². The maximum Gasteiger partial charge on any atom is 0.0562 e. The van der Waals surface area contributed by atoms with Crippen LogP contribution in [0, 0.1) is 6.92 Å². The summed E-state index contributed by atoms with van der Waals surface area (Å²) in [5, 5.41) is 8.67. The molecule has 0 aliphatic rings. The number of fused-ring (bicyclic) bond motifs is 10. The summed E-state index contributed by atoms with van der Waals surface area (Å²) in [7, 11) is 0. The third-order valence-corrected chi connectivity index (χ3v) is 12.3. The molecule has 0 saturated carbocycles. The number of hydrogen-bond donors (Lipinski definition) is 0. The Morgan fingerprint density at radius 1 is 0.328 bits per heavy atom. The van der Waals surface area contributed by atoms with E-state index in [1.54, 1.807) is 0 Å². The number of aryl methyl sites for hydroxylation is 1. The lowest BCUT2D eigenvalue weighted by Crippen LogP contribution is -1.99. The number of rotatable bonds is 5. The molecular formula is C54H38N4. The molecule has 0 N–H and O–H groups in total. The Kier molecular flexibility index (Phi) is 7.02. The second-order valence-corrected chi connectivity index (χ2v) is 15.3. The van der Waals surface area contributed by atoms with Crippen LogP contribution in [-0.4, -0.2) is 18.3 Å². The number of benzene rings is 8. The summed E-state index contributed by atoms with van der Waals surface area (Å²) in [6, 6.07) is 66.6. The van der Waals surface area contributed by atoms with Crippen LogP contribution in [0.4, 0.5) is 0 Å². The van der Waals surface area contributed by atoms with Gasteiger partial charge in [-0.15, -0.1) is 0 Å². The first-order chi connectivity index (χ1) is 28.7. The van der Waals surface area contributed by atoms with Crippen LogP contribution in [0.3, 0.4) is 0 Å². The molecule has 4 aromatic heterocycles. The summed E-state index contributed by atoms with van der Waals surface area (Å²) in [6.07, 6.45) is 4.40. The Hall–Kier alpha value is -7.56. The number of allylic oxidation sites excluding steroid dienone is 1. The van der Waals surface area contributed by atoms with Gasteiger partial charge in [0.15, 0.2) is 0 Å². The van der Waals surface area contributed by atoms with Gasteiger partial charge in [0.1, 0.15) is 0 Å². The molecule has 4 nitrogen and oxygen atoms in total. The first kappa shape index (κ1) is 32.7. The quantitative estimate of drug-likeness (QED) is 0.167. The predicted molar refractivity (Wildman–Crippen MR) is 246 cm³/mol. The van der Waals surface area contributed by atoms with E-state index in [-0.39, 0.29) is 0 Å². The minimum atomic E-state index is 1.15. The van der Waals surface area contributed by atoms with Gasteiger partial charge >= 0.3 is 0 Å². The van der Waals surface area contributed by atoms with Crippen LogP contribution in [0.25, 0.3) is 105 Å². The Labute approximate surface area is 335 Å². The van der Waals surface area contributed by atoms with Crippen molar-refractivity contribution in [2.75, 3.05) is 0 Å². The molecule has 0 amide bonds. The van der Waals surface area contributed by atoms with Crippen LogP contribution in [0.15, 0.2) is 188 Å². The number of aromatic nitrogens is 4. The smallest absolute Gasteiger partial charge is 0.0562 e. The van der Waals surface area contributed by atoms with Gasteiger partial charge in [-0.05, 0) is 98.3 Å². The normalized spacial score (nSPS) is 12.2. The topological polar surface area (TPSA) is 19.7 Å². The Morgan fingerprint density at radius 2 is 0.690 bits per heavy atom. The molecule has 4 heterocycles. The molecule has 0 radical (unpaired) electrons. The van der Waals surface area contributed by atoms with Crippen molar-refractivity contribution in [3.05, 3.63) is 199 Å². The number of para-hydroxylation sites is 5. The zero-order valence-corrected chi connectivity index (χ0v) is 32.3. The average Bonchev–Trinajstić information content (AvgIpc) is 3.99. The molecule has 0 aliphatic carbocycles. The summed E-state index contributed by atoms with van der Waals surface area (Å²) in [4.78, 5) is 0. The van der Waals surface area contributed by atoms with Crippen molar-refractivity contribution in [1.29, 1.82) is 0 Å². The summed E-state index contributed by atoms with van der Waals surface area (Å²) in [5.74, 6) is 0. The Balaban J connectivity index is 1.19. The maximum absolute atomic E-state index is 2.50. The second kappa shape index (κ2) is 12.5. The zero-order valence-electron chi connectivity index (χ0n) is 32.3. The number of nitrogens with zero attached hydrogens (tertiary/aromatic N) is 4. The highest BCUT2D eigenvalue weighted by molar-refractivity contribution is 6.20. The van der Waals surface area contributed by atoms with Crippen LogP contribution in [0.1, 0.15) is 18.2 Å². The SMILES string of the molecule is C/C=C\c1c(C)c2ccccc2n1-c1cccc2c1c1ccccc1n2-c1cccc2c1c1ccccc1n2-c1cccc2c1c1ccccc1n2-c1ccccc1. The van der Waals surface area contributed by atoms with Crippen LogP contribution >= 0.6 is 0 Å². The highest BCUT2D eigenvalue weighted by Gasteiger charge is 2.24. The van der Waals surface area contributed by atoms with E-state index < -0.39 is 0 Å². The minimum absolute atomic E-state index is 1.15. The summed E-state index contributed by atoms with van der Waals surface area (Å²) in [5.41, 5.74) is 15.5. The molecule has 58 heavy (non-hydrogen) atoms. The molecule has 0 spiro atoms. The molecule has 0 aliphatic heterocycles. The second-order valence-electron chi connectivity index (χ2n) is 15.3. The van der Waals surface area contributed by atoms with E-state index in [9.17, 15) is 0 Å². The van der Waals surface area contributed by atoms with E-state index in [2.05, 4.69) is 226 Å². The highest BCUT2D eigenvalue weighted by Crippen LogP contribution is 2.44. The predicted octanol–water partition coefficient (Wildman–Crippen LogP) is 14.3. The van der Waals surface area contributed by atoms with Gasteiger partial charge in [0.25, 0.3) is 0 Å². The van der Waals surface area contributed by atoms with Gasteiger partial charge in [-0.3, -0.25) is 0 Å². The van der Waals surface area contributed by atoms with Crippen molar-refractivity contribution in [3.8, 4) is 22.7 Å². The molecule has 0 fully saturated rings. The lowest BCUT2D eigenvalue weighted by atomic mass is 10.1. The average molecular weight is 743 g/mol. The van der Waals surface area contributed by atoms with Crippen LogP contribution in [-0.2, 0) is 0 Å². The Morgan fingerprint density at radius 3 is 1.17 bits per heavy atom. The molecule has 0 atom stereocenters. The fraction of sp³-hybridized carbons (Fsp3) is 0.0370. The fourth-order valence-electron chi connectivity index (χ4n) is 9.97. The zero-order chi connectivity index (χ0) is 38.5. The van der Waals surface area contributed by atoms with Gasteiger partial charge in [-0.1, -0.05) is 115 Å². The van der Waals surface area contributed by atoms with E-state index >= 15 is 0 Å². The lowest BCUT2D eigenvalue weighted by molar-refractivity contribution is 1.11. The molecule has 0 saturated heterocycles. The molecule has 0 bridgehead atoms. The van der Waals surface area contributed by atoms with Gasteiger partial charge < -0.3 is 18.3 Å². The minimum Gasteiger partial charge on any atom is -0.309 e. The molecule has 274 valence electrons. The van der Waals surface area contributed by atoms with E-state index in [0.29, 0.717) is 0 Å². The first-order valence-electron chi connectivity index (χ1n) is 20.1. The first-order valence-corrected chi connectivity index (χ1v) is 20.1. The summed E-state index contributed by atoms with van der Waals surface area (Å²) in [6.45, 7) is 4.35. The van der Waals surface area contributed by atoms with E-state index in [1.807, 2.05) is 0 Å². The summed E-state index contributed by atoms with van der Waals surface area (Å²) >= 11 is 0. The largest absolute Gasteiger partial charge is 0.309 e. The standard InChI is InChI=1S/C54H38N4/c1-3-18-41-35(2)37-21-7-11-25-42(37)56(41)47-30-16-32-49-53(47)39-23-9-13-27-44(39)58(49)51-34-17-33-50-54(51)40-24-10-14-28-45(40)57(50)48-31-15-29-46-52(48)38-22-8-12-26-43(38)55(46)36-19-5-4-6-20-36/h3-34H,1-2H3/b18-3-. The fourth-order valence-corrected chi connectivity index (χ4v) is 9.97. The van der Waals surface area contributed by atoms with E-state index in [0.717, 1.165) is 11.4 Å². The molecule has 0 unspecified atom stereocenters. The number of hydrogen-bond acceptors (Lipinski definition) is 0. The van der Waals surface area contributed by atoms with Gasteiger partial charge in [0.2, 0.25) is 0 Å². The summed E-state index contributed by atoms with van der Waals surface area (Å²) < 4.78 is 9.86. The molecule has 12 aromatic rings. The molecule has 12 rings (SSSR count). The van der Waals surface area contributed by atoms with Crippen LogP contribution < -0.4 is 0 Å². The van der Waals surface area contributed by atoms with Crippen molar-refractivity contribution in [1.82, 2.24) is 18.3 Å². The lowest BCUT2D eigenvalue weighted by Gasteiger charge is -2.14. The van der Waals surface area contributed by atoms with Gasteiger partial charge in [0.05, 0.1) is 55.7 Å². The molecule has 4 heteroatoms. The van der Waals surface area contributed by atoms with Crippen molar-refractivity contribution in [3.63, 3.8) is 0 Å². The molecular weight excluding hydrogens is 705 g/mol. The molecule has 8 aromatic carbocycles. The van der Waals surface area contributed by atoms with Crippen molar-refractivity contribution in [2.45, 2.75) is 13.8 Å². The van der Waals surface area contributed by atoms with Crippen molar-refractivity contribution < 1.29 is 0 Å². The van der Waals surface area contributed by atoms with Crippen LogP contribution in [0.5, 0.6) is 0 Å². The van der Waals surface area contributed by atoms with Crippen LogP contribution in [0.2, 0.25) is 0 Å². The monoisotopic (exact) mass is 742 g/mol. The maximum atomic E-state index is 2.50.